The van der Waals surface area contributed by atoms with Crippen LogP contribution in [0.1, 0.15) is 20.3 Å². The molecule has 0 aromatic carbocycles. The Morgan fingerprint density at radius 3 is 2.85 bits per heavy atom. The van der Waals surface area contributed by atoms with E-state index in [1.54, 1.807) is 0 Å². The van der Waals surface area contributed by atoms with Crippen LogP contribution in [0.4, 0.5) is 0 Å². The van der Waals surface area contributed by atoms with Crippen molar-refractivity contribution in [1.29, 1.82) is 0 Å². The summed E-state index contributed by atoms with van der Waals surface area (Å²) in [5.41, 5.74) is 6.08. The highest BCUT2D eigenvalue weighted by molar-refractivity contribution is 4.94. The maximum Gasteiger partial charge on any atom is 0.0214 e. The topological polar surface area (TPSA) is 29.3 Å². The maximum atomic E-state index is 5.78. The fraction of sp³-hybridized carbons (Fsp3) is 0.818. The number of hydrogen-bond acceptors (Lipinski definition) is 2. The summed E-state index contributed by atoms with van der Waals surface area (Å²) in [7, 11) is 0. The molecule has 1 fully saturated rings. The van der Waals surface area contributed by atoms with Crippen molar-refractivity contribution in [2.45, 2.75) is 20.3 Å². The lowest BCUT2D eigenvalue weighted by Crippen LogP contribution is -2.34. The second-order valence-corrected chi connectivity index (χ2v) is 4.45. The highest BCUT2D eigenvalue weighted by Gasteiger charge is 2.38. The van der Waals surface area contributed by atoms with Crippen molar-refractivity contribution in [2.75, 3.05) is 26.2 Å². The van der Waals surface area contributed by atoms with Crippen LogP contribution in [0.25, 0.3) is 0 Å². The summed E-state index contributed by atoms with van der Waals surface area (Å²) < 4.78 is 0. The minimum Gasteiger partial charge on any atom is -0.330 e. The second kappa shape index (κ2) is 4.13. The third-order valence-electron chi connectivity index (χ3n) is 3.35. The summed E-state index contributed by atoms with van der Waals surface area (Å²) in [6.07, 6.45) is 6.09. The Kier molecular flexibility index (Phi) is 3.35. The number of nitrogens with two attached hydrogens (primary N) is 1. The molecule has 2 nitrogen and oxygen atoms in total. The van der Waals surface area contributed by atoms with Crippen molar-refractivity contribution < 1.29 is 0 Å². The first-order chi connectivity index (χ1) is 6.12. The van der Waals surface area contributed by atoms with Crippen molar-refractivity contribution in [3.05, 3.63) is 0 Å². The third kappa shape index (κ3) is 2.24. The standard InChI is InChI=1S/C11H20N2/c1-4-5-6-13-7-10(2)11(3,8-12)9-13/h1,10H,5-9,12H2,2-3H3. The van der Waals surface area contributed by atoms with E-state index in [9.17, 15) is 0 Å². The Morgan fingerprint density at radius 2 is 2.38 bits per heavy atom. The zero-order valence-electron chi connectivity index (χ0n) is 8.71. The second-order valence-electron chi connectivity index (χ2n) is 4.45. The molecule has 2 atom stereocenters. The molecule has 0 saturated carbocycles. The van der Waals surface area contributed by atoms with E-state index < -0.39 is 0 Å². The normalized spacial score (nSPS) is 34.8. The van der Waals surface area contributed by atoms with Crippen LogP contribution in [-0.2, 0) is 0 Å². The van der Waals surface area contributed by atoms with Crippen molar-refractivity contribution in [3.63, 3.8) is 0 Å². The van der Waals surface area contributed by atoms with Crippen LogP contribution < -0.4 is 5.73 Å². The van der Waals surface area contributed by atoms with Gasteiger partial charge in [0.05, 0.1) is 0 Å². The van der Waals surface area contributed by atoms with Crippen LogP contribution in [0.5, 0.6) is 0 Å². The van der Waals surface area contributed by atoms with E-state index >= 15 is 0 Å². The van der Waals surface area contributed by atoms with Crippen LogP contribution in [0.3, 0.4) is 0 Å². The zero-order valence-corrected chi connectivity index (χ0v) is 8.71. The average Bonchev–Trinajstić information content (AvgIpc) is 2.40. The number of terminal acetylenes is 1. The predicted molar refractivity (Wildman–Crippen MR) is 56.2 cm³/mol. The first-order valence-corrected chi connectivity index (χ1v) is 4.98. The molecule has 0 aliphatic carbocycles. The SMILES string of the molecule is C#CCCN1CC(C)C(C)(CN)C1. The van der Waals surface area contributed by atoms with Gasteiger partial charge >= 0.3 is 0 Å². The minimum atomic E-state index is 0.300. The lowest BCUT2D eigenvalue weighted by atomic mass is 9.81. The Morgan fingerprint density at radius 1 is 1.69 bits per heavy atom. The van der Waals surface area contributed by atoms with E-state index in [-0.39, 0.29) is 0 Å². The molecular formula is C11H20N2. The van der Waals surface area contributed by atoms with Gasteiger partial charge < -0.3 is 10.6 Å². The summed E-state index contributed by atoms with van der Waals surface area (Å²) in [5.74, 6) is 3.37. The van der Waals surface area contributed by atoms with E-state index in [1.165, 1.54) is 0 Å². The molecule has 1 aliphatic rings. The molecule has 0 radical (unpaired) electrons. The smallest absolute Gasteiger partial charge is 0.0214 e. The number of nitrogens with zero attached hydrogens (tertiary/aromatic N) is 1. The molecule has 1 saturated heterocycles. The molecule has 0 bridgehead atoms. The summed E-state index contributed by atoms with van der Waals surface area (Å²) in [5, 5.41) is 0. The van der Waals surface area contributed by atoms with Crippen molar-refractivity contribution in [2.24, 2.45) is 17.1 Å². The molecule has 13 heavy (non-hydrogen) atoms. The number of hydrogen-bond donors (Lipinski definition) is 1. The van der Waals surface area contributed by atoms with Gasteiger partial charge in [0.15, 0.2) is 0 Å². The number of likely N-dealkylation sites (tertiary alicyclic amines) is 1. The minimum absolute atomic E-state index is 0.300. The van der Waals surface area contributed by atoms with E-state index in [4.69, 9.17) is 12.2 Å². The predicted octanol–water partition coefficient (Wildman–Crippen LogP) is 0.926. The quantitative estimate of drug-likeness (QED) is 0.655. The van der Waals surface area contributed by atoms with E-state index in [0.717, 1.165) is 32.6 Å². The van der Waals surface area contributed by atoms with Gasteiger partial charge in [-0.2, -0.15) is 0 Å². The molecule has 0 aromatic heterocycles. The Labute approximate surface area is 81.5 Å². The molecule has 2 heteroatoms. The fourth-order valence-electron chi connectivity index (χ4n) is 2.00. The van der Waals surface area contributed by atoms with E-state index in [2.05, 4.69) is 24.7 Å². The molecule has 2 N–H and O–H groups in total. The summed E-state index contributed by atoms with van der Waals surface area (Å²) in [4.78, 5) is 2.43. The maximum absolute atomic E-state index is 5.78. The molecule has 0 spiro atoms. The van der Waals surface area contributed by atoms with Crippen LogP contribution in [0, 0.1) is 23.7 Å². The van der Waals surface area contributed by atoms with Crippen molar-refractivity contribution in [3.8, 4) is 12.3 Å². The number of rotatable bonds is 3. The van der Waals surface area contributed by atoms with Gasteiger partial charge in [0.25, 0.3) is 0 Å². The summed E-state index contributed by atoms with van der Waals surface area (Å²) in [6, 6.07) is 0. The van der Waals surface area contributed by atoms with Gasteiger partial charge in [-0.25, -0.2) is 0 Å². The summed E-state index contributed by atoms with van der Waals surface area (Å²) >= 11 is 0. The largest absolute Gasteiger partial charge is 0.330 e. The molecule has 2 unspecified atom stereocenters. The molecule has 0 amide bonds. The monoisotopic (exact) mass is 180 g/mol. The van der Waals surface area contributed by atoms with Gasteiger partial charge in [-0.05, 0) is 17.9 Å². The Hall–Kier alpha value is -0.520. The lowest BCUT2D eigenvalue weighted by molar-refractivity contribution is 0.263. The van der Waals surface area contributed by atoms with E-state index in [1.807, 2.05) is 0 Å². The first-order valence-electron chi connectivity index (χ1n) is 4.98. The first kappa shape index (κ1) is 10.6. The third-order valence-corrected chi connectivity index (χ3v) is 3.35. The lowest BCUT2D eigenvalue weighted by Gasteiger charge is -2.26. The highest BCUT2D eigenvalue weighted by Crippen LogP contribution is 2.34. The molecular weight excluding hydrogens is 160 g/mol. The van der Waals surface area contributed by atoms with Crippen LogP contribution in [-0.4, -0.2) is 31.1 Å². The molecule has 1 aliphatic heterocycles. The molecule has 0 aromatic rings. The van der Waals surface area contributed by atoms with Gasteiger partial charge in [-0.3, -0.25) is 0 Å². The van der Waals surface area contributed by atoms with Crippen molar-refractivity contribution in [1.82, 2.24) is 4.90 Å². The van der Waals surface area contributed by atoms with Crippen LogP contribution in [0.15, 0.2) is 0 Å². The van der Waals surface area contributed by atoms with Gasteiger partial charge in [-0.15, -0.1) is 12.3 Å². The average molecular weight is 180 g/mol. The van der Waals surface area contributed by atoms with Gasteiger partial charge in [0.1, 0.15) is 0 Å². The molecule has 74 valence electrons. The summed E-state index contributed by atoms with van der Waals surface area (Å²) in [6.45, 7) is 8.61. The van der Waals surface area contributed by atoms with E-state index in [0.29, 0.717) is 11.3 Å². The fourth-order valence-corrected chi connectivity index (χ4v) is 2.00. The van der Waals surface area contributed by atoms with Crippen LogP contribution >= 0.6 is 0 Å². The molecule has 1 rings (SSSR count). The van der Waals surface area contributed by atoms with Gasteiger partial charge in [-0.1, -0.05) is 13.8 Å². The van der Waals surface area contributed by atoms with Gasteiger partial charge in [0, 0.05) is 26.1 Å². The Balaban J connectivity index is 2.46. The van der Waals surface area contributed by atoms with Crippen molar-refractivity contribution >= 4 is 0 Å². The van der Waals surface area contributed by atoms with Gasteiger partial charge in [0.2, 0.25) is 0 Å². The highest BCUT2D eigenvalue weighted by atomic mass is 15.2. The molecule has 1 heterocycles. The Bertz CT molecular complexity index is 207. The zero-order chi connectivity index (χ0) is 9.90. The van der Waals surface area contributed by atoms with Crippen LogP contribution in [0.2, 0.25) is 0 Å².